The van der Waals surface area contributed by atoms with Crippen molar-refractivity contribution in [3.63, 3.8) is 0 Å². The Morgan fingerprint density at radius 1 is 1.64 bits per heavy atom. The predicted molar refractivity (Wildman–Crippen MR) is 58.2 cm³/mol. The molecule has 0 saturated heterocycles. The zero-order valence-corrected chi connectivity index (χ0v) is 9.11. The third-order valence-electron chi connectivity index (χ3n) is 2.72. The second-order valence-corrected chi connectivity index (χ2v) is 3.95. The maximum absolute atomic E-state index is 8.69. The third-order valence-corrected chi connectivity index (χ3v) is 2.72. The summed E-state index contributed by atoms with van der Waals surface area (Å²) in [6, 6.07) is 2.57. The molecule has 0 aromatic carbocycles. The SMILES string of the molecule is CCCCCC(C)N1C=NC(C#N)C1. The van der Waals surface area contributed by atoms with Crippen LogP contribution in [0.1, 0.15) is 39.5 Å². The van der Waals surface area contributed by atoms with Crippen LogP contribution in [-0.2, 0) is 0 Å². The monoisotopic (exact) mass is 193 g/mol. The van der Waals surface area contributed by atoms with Gasteiger partial charge in [-0.2, -0.15) is 5.26 Å². The molecule has 0 bridgehead atoms. The summed E-state index contributed by atoms with van der Waals surface area (Å²) in [7, 11) is 0. The van der Waals surface area contributed by atoms with Crippen LogP contribution in [0.5, 0.6) is 0 Å². The normalized spacial score (nSPS) is 22.4. The van der Waals surface area contributed by atoms with E-state index in [4.69, 9.17) is 5.26 Å². The molecule has 1 heterocycles. The first-order valence-corrected chi connectivity index (χ1v) is 5.46. The molecular formula is C11H19N3. The average Bonchev–Trinajstić information content (AvgIpc) is 2.66. The summed E-state index contributed by atoms with van der Waals surface area (Å²) in [5.41, 5.74) is 0. The molecule has 0 aliphatic carbocycles. The molecule has 1 aliphatic rings. The Bertz CT molecular complexity index is 229. The van der Waals surface area contributed by atoms with Gasteiger partial charge in [-0.25, -0.2) is 0 Å². The van der Waals surface area contributed by atoms with Crippen LogP contribution in [0.25, 0.3) is 0 Å². The third kappa shape index (κ3) is 3.02. The Kier molecular flexibility index (Phi) is 4.45. The fraction of sp³-hybridized carbons (Fsp3) is 0.818. The smallest absolute Gasteiger partial charge is 0.155 e. The molecule has 0 aromatic heterocycles. The van der Waals surface area contributed by atoms with E-state index in [1.165, 1.54) is 25.7 Å². The van der Waals surface area contributed by atoms with Crippen molar-refractivity contribution in [2.24, 2.45) is 4.99 Å². The van der Waals surface area contributed by atoms with E-state index in [1.54, 1.807) is 0 Å². The van der Waals surface area contributed by atoms with Crippen molar-refractivity contribution in [2.75, 3.05) is 6.54 Å². The molecule has 0 radical (unpaired) electrons. The van der Waals surface area contributed by atoms with Gasteiger partial charge in [-0.1, -0.05) is 26.2 Å². The summed E-state index contributed by atoms with van der Waals surface area (Å²) in [4.78, 5) is 6.31. The lowest BCUT2D eigenvalue weighted by Crippen LogP contribution is -2.31. The first kappa shape index (κ1) is 11.0. The fourth-order valence-corrected chi connectivity index (χ4v) is 1.68. The number of rotatable bonds is 5. The first-order valence-electron chi connectivity index (χ1n) is 5.46. The maximum Gasteiger partial charge on any atom is 0.155 e. The van der Waals surface area contributed by atoms with E-state index in [9.17, 15) is 0 Å². The van der Waals surface area contributed by atoms with Gasteiger partial charge in [-0.15, -0.1) is 0 Å². The van der Waals surface area contributed by atoms with Crippen LogP contribution in [0.2, 0.25) is 0 Å². The quantitative estimate of drug-likeness (QED) is 0.628. The molecule has 1 rings (SSSR count). The second kappa shape index (κ2) is 5.64. The number of nitrogens with zero attached hydrogens (tertiary/aromatic N) is 3. The zero-order valence-electron chi connectivity index (χ0n) is 9.11. The van der Waals surface area contributed by atoms with Crippen LogP contribution < -0.4 is 0 Å². The van der Waals surface area contributed by atoms with Crippen molar-refractivity contribution < 1.29 is 0 Å². The van der Waals surface area contributed by atoms with E-state index in [-0.39, 0.29) is 6.04 Å². The van der Waals surface area contributed by atoms with E-state index < -0.39 is 0 Å². The maximum atomic E-state index is 8.69. The molecule has 0 fully saturated rings. The largest absolute Gasteiger partial charge is 0.357 e. The van der Waals surface area contributed by atoms with Crippen molar-refractivity contribution in [2.45, 2.75) is 51.6 Å². The molecule has 0 N–H and O–H groups in total. The molecule has 1 aliphatic heterocycles. The Balaban J connectivity index is 2.23. The van der Waals surface area contributed by atoms with Crippen molar-refractivity contribution in [1.29, 1.82) is 5.26 Å². The Morgan fingerprint density at radius 3 is 3.00 bits per heavy atom. The van der Waals surface area contributed by atoms with Gasteiger partial charge >= 0.3 is 0 Å². The topological polar surface area (TPSA) is 39.4 Å². The molecule has 78 valence electrons. The van der Waals surface area contributed by atoms with Crippen molar-refractivity contribution >= 4 is 6.34 Å². The van der Waals surface area contributed by atoms with E-state index in [2.05, 4.69) is 29.8 Å². The summed E-state index contributed by atoms with van der Waals surface area (Å²) in [6.45, 7) is 5.21. The number of hydrogen-bond acceptors (Lipinski definition) is 3. The van der Waals surface area contributed by atoms with Gasteiger partial charge in [0, 0.05) is 6.04 Å². The summed E-state index contributed by atoms with van der Waals surface area (Å²) in [5.74, 6) is 0. The lowest BCUT2D eigenvalue weighted by atomic mass is 10.1. The molecular weight excluding hydrogens is 174 g/mol. The van der Waals surface area contributed by atoms with Crippen LogP contribution in [0.3, 0.4) is 0 Å². The van der Waals surface area contributed by atoms with Gasteiger partial charge in [0.25, 0.3) is 0 Å². The number of hydrogen-bond donors (Lipinski definition) is 0. The van der Waals surface area contributed by atoms with E-state index in [1.807, 2.05) is 6.34 Å². The molecule has 2 unspecified atom stereocenters. The van der Waals surface area contributed by atoms with Crippen LogP contribution in [0, 0.1) is 11.3 Å². The van der Waals surface area contributed by atoms with Gasteiger partial charge in [-0.05, 0) is 13.3 Å². The minimum atomic E-state index is -0.136. The molecule has 3 heteroatoms. The van der Waals surface area contributed by atoms with Crippen LogP contribution in [0.4, 0.5) is 0 Å². The summed E-state index contributed by atoms with van der Waals surface area (Å²) in [5, 5.41) is 8.69. The highest BCUT2D eigenvalue weighted by molar-refractivity contribution is 5.59. The highest BCUT2D eigenvalue weighted by Gasteiger charge is 2.20. The van der Waals surface area contributed by atoms with Gasteiger partial charge in [0.2, 0.25) is 0 Å². The number of nitriles is 1. The van der Waals surface area contributed by atoms with Gasteiger partial charge in [0.05, 0.1) is 19.0 Å². The molecule has 14 heavy (non-hydrogen) atoms. The molecule has 0 amide bonds. The molecule has 2 atom stereocenters. The Morgan fingerprint density at radius 2 is 2.43 bits per heavy atom. The van der Waals surface area contributed by atoms with E-state index in [0.717, 1.165) is 6.54 Å². The number of unbranched alkanes of at least 4 members (excludes halogenated alkanes) is 2. The average molecular weight is 193 g/mol. The standard InChI is InChI=1S/C11H19N3/c1-3-4-5-6-10(2)14-8-11(7-12)13-9-14/h9-11H,3-6,8H2,1-2H3. The molecule has 0 aromatic rings. The Hall–Kier alpha value is -1.04. The fourth-order valence-electron chi connectivity index (χ4n) is 1.68. The minimum absolute atomic E-state index is 0.136. The van der Waals surface area contributed by atoms with E-state index in [0.29, 0.717) is 6.04 Å². The van der Waals surface area contributed by atoms with Gasteiger partial charge in [-0.3, -0.25) is 4.99 Å². The molecule has 0 spiro atoms. The van der Waals surface area contributed by atoms with Gasteiger partial charge in [0.1, 0.15) is 0 Å². The van der Waals surface area contributed by atoms with Crippen molar-refractivity contribution in [3.05, 3.63) is 0 Å². The van der Waals surface area contributed by atoms with Crippen LogP contribution >= 0.6 is 0 Å². The van der Waals surface area contributed by atoms with E-state index >= 15 is 0 Å². The lowest BCUT2D eigenvalue weighted by Gasteiger charge is -2.23. The minimum Gasteiger partial charge on any atom is -0.357 e. The number of aliphatic imine (C=N–C) groups is 1. The molecule has 3 nitrogen and oxygen atoms in total. The summed E-state index contributed by atoms with van der Waals surface area (Å²) < 4.78 is 0. The first-order chi connectivity index (χ1) is 6.77. The Labute approximate surface area is 86.4 Å². The van der Waals surface area contributed by atoms with Crippen molar-refractivity contribution in [1.82, 2.24) is 4.90 Å². The zero-order chi connectivity index (χ0) is 10.4. The lowest BCUT2D eigenvalue weighted by molar-refractivity contribution is 0.330. The summed E-state index contributed by atoms with van der Waals surface area (Å²) in [6.07, 6.45) is 6.89. The highest BCUT2D eigenvalue weighted by atomic mass is 15.2. The van der Waals surface area contributed by atoms with Crippen LogP contribution in [-0.4, -0.2) is 29.9 Å². The summed E-state index contributed by atoms with van der Waals surface area (Å²) >= 11 is 0. The van der Waals surface area contributed by atoms with Gasteiger partial charge < -0.3 is 4.90 Å². The van der Waals surface area contributed by atoms with Crippen molar-refractivity contribution in [3.8, 4) is 6.07 Å². The predicted octanol–water partition coefficient (Wildman–Crippen LogP) is 2.19. The molecule has 0 saturated carbocycles. The van der Waals surface area contributed by atoms with Gasteiger partial charge in [0.15, 0.2) is 6.04 Å². The highest BCUT2D eigenvalue weighted by Crippen LogP contribution is 2.12. The second-order valence-electron chi connectivity index (χ2n) is 3.95. The van der Waals surface area contributed by atoms with Crippen LogP contribution in [0.15, 0.2) is 4.99 Å².